The van der Waals surface area contributed by atoms with Gasteiger partial charge in [-0.2, -0.15) is 0 Å². The van der Waals surface area contributed by atoms with Gasteiger partial charge in [0.25, 0.3) is 5.91 Å². The molecule has 0 heterocycles. The first-order chi connectivity index (χ1) is 10.9. The predicted molar refractivity (Wildman–Crippen MR) is 96.1 cm³/mol. The zero-order valence-electron chi connectivity index (χ0n) is 13.4. The van der Waals surface area contributed by atoms with Crippen LogP contribution in [0, 0.1) is 0 Å². The Labute approximate surface area is 140 Å². The molecule has 0 unspecified atom stereocenters. The van der Waals surface area contributed by atoms with Crippen molar-refractivity contribution in [2.45, 2.75) is 30.9 Å². The molecule has 2 N–H and O–H groups in total. The first kappa shape index (κ1) is 17.1. The molecule has 2 aromatic carbocycles. The number of benzene rings is 2. The third-order valence-corrected chi connectivity index (χ3v) is 3.97. The molecule has 5 heteroatoms. The van der Waals surface area contributed by atoms with Crippen molar-refractivity contribution in [2.24, 2.45) is 0 Å². The Bertz CT molecular complexity index is 679. The quantitative estimate of drug-likeness (QED) is 0.800. The van der Waals surface area contributed by atoms with Crippen LogP contribution in [0.25, 0.3) is 0 Å². The molecule has 120 valence electrons. The minimum Gasteiger partial charge on any atom is -0.326 e. The van der Waals surface area contributed by atoms with E-state index in [0.29, 0.717) is 22.2 Å². The van der Waals surface area contributed by atoms with E-state index < -0.39 is 0 Å². The highest BCUT2D eigenvalue weighted by Crippen LogP contribution is 2.23. The minimum atomic E-state index is -0.154. The van der Waals surface area contributed by atoms with Crippen LogP contribution in [-0.4, -0.2) is 17.1 Å². The Balaban J connectivity index is 1.99. The lowest BCUT2D eigenvalue weighted by Crippen LogP contribution is -2.12. The van der Waals surface area contributed by atoms with Crippen molar-refractivity contribution < 1.29 is 9.59 Å². The first-order valence-electron chi connectivity index (χ1n) is 7.40. The molecule has 0 radical (unpaired) electrons. The SMILES string of the molecule is CC(=O)Nc1ccc(NC(=O)c2ccc(SC(C)C)cc2)cc1. The van der Waals surface area contributed by atoms with Crippen molar-refractivity contribution in [1.82, 2.24) is 0 Å². The number of hydrogen-bond donors (Lipinski definition) is 2. The summed E-state index contributed by atoms with van der Waals surface area (Å²) in [6, 6.07) is 14.6. The third-order valence-electron chi connectivity index (χ3n) is 2.95. The number of carbonyl (C=O) groups is 2. The number of anilines is 2. The molecule has 4 nitrogen and oxygen atoms in total. The van der Waals surface area contributed by atoms with Crippen LogP contribution in [0.2, 0.25) is 0 Å². The number of carbonyl (C=O) groups excluding carboxylic acids is 2. The second-order valence-corrected chi connectivity index (χ2v) is 7.05. The molecule has 2 aromatic rings. The van der Waals surface area contributed by atoms with E-state index in [1.165, 1.54) is 6.92 Å². The van der Waals surface area contributed by atoms with Crippen molar-refractivity contribution >= 4 is 35.0 Å². The lowest BCUT2D eigenvalue weighted by atomic mass is 10.2. The van der Waals surface area contributed by atoms with E-state index in [9.17, 15) is 9.59 Å². The Kier molecular flexibility index (Phi) is 5.82. The van der Waals surface area contributed by atoms with Crippen LogP contribution in [0.1, 0.15) is 31.1 Å². The summed E-state index contributed by atoms with van der Waals surface area (Å²) >= 11 is 1.76. The molecule has 0 saturated carbocycles. The second kappa shape index (κ2) is 7.83. The van der Waals surface area contributed by atoms with Gasteiger partial charge in [0, 0.05) is 34.0 Å². The van der Waals surface area contributed by atoms with Gasteiger partial charge in [-0.1, -0.05) is 13.8 Å². The highest BCUT2D eigenvalue weighted by atomic mass is 32.2. The molecule has 0 aliphatic heterocycles. The van der Waals surface area contributed by atoms with E-state index in [1.807, 2.05) is 24.3 Å². The Morgan fingerprint density at radius 3 is 1.87 bits per heavy atom. The van der Waals surface area contributed by atoms with Crippen LogP contribution in [0.5, 0.6) is 0 Å². The topological polar surface area (TPSA) is 58.2 Å². The zero-order chi connectivity index (χ0) is 16.8. The lowest BCUT2D eigenvalue weighted by molar-refractivity contribution is -0.114. The maximum Gasteiger partial charge on any atom is 0.255 e. The van der Waals surface area contributed by atoms with Crippen LogP contribution in [0.4, 0.5) is 11.4 Å². The Morgan fingerprint density at radius 1 is 0.870 bits per heavy atom. The zero-order valence-corrected chi connectivity index (χ0v) is 14.2. The lowest BCUT2D eigenvalue weighted by Gasteiger charge is -2.08. The van der Waals surface area contributed by atoms with Gasteiger partial charge in [-0.05, 0) is 48.5 Å². The fraction of sp³-hybridized carbons (Fsp3) is 0.222. The van der Waals surface area contributed by atoms with E-state index in [0.717, 1.165) is 4.90 Å². The molecule has 0 aromatic heterocycles. The summed E-state index contributed by atoms with van der Waals surface area (Å²) in [5.41, 5.74) is 2.00. The minimum absolute atomic E-state index is 0.124. The van der Waals surface area contributed by atoms with Crippen LogP contribution in [0.15, 0.2) is 53.4 Å². The normalized spacial score (nSPS) is 10.4. The van der Waals surface area contributed by atoms with E-state index in [2.05, 4.69) is 24.5 Å². The predicted octanol–water partition coefficient (Wildman–Crippen LogP) is 4.40. The second-order valence-electron chi connectivity index (χ2n) is 5.40. The van der Waals surface area contributed by atoms with Gasteiger partial charge in [-0.25, -0.2) is 0 Å². The summed E-state index contributed by atoms with van der Waals surface area (Å²) in [5, 5.41) is 6.04. The number of hydrogen-bond acceptors (Lipinski definition) is 3. The van der Waals surface area contributed by atoms with Crippen LogP contribution < -0.4 is 10.6 Å². The third kappa shape index (κ3) is 5.45. The van der Waals surface area contributed by atoms with Gasteiger partial charge >= 0.3 is 0 Å². The monoisotopic (exact) mass is 328 g/mol. The van der Waals surface area contributed by atoms with Gasteiger partial charge in [0.1, 0.15) is 0 Å². The summed E-state index contributed by atoms with van der Waals surface area (Å²) in [5.74, 6) is -0.278. The van der Waals surface area contributed by atoms with Gasteiger partial charge in [0.15, 0.2) is 0 Å². The molecule has 0 aliphatic carbocycles. The molecule has 0 atom stereocenters. The molecule has 0 aliphatic rings. The van der Waals surface area contributed by atoms with Gasteiger partial charge in [0.05, 0.1) is 0 Å². The maximum absolute atomic E-state index is 12.2. The molecule has 0 spiro atoms. The van der Waals surface area contributed by atoms with E-state index in [-0.39, 0.29) is 11.8 Å². The molecule has 2 amide bonds. The summed E-state index contributed by atoms with van der Waals surface area (Å²) in [4.78, 5) is 24.3. The van der Waals surface area contributed by atoms with Crippen molar-refractivity contribution in [2.75, 3.05) is 10.6 Å². The number of rotatable bonds is 5. The molecule has 2 rings (SSSR count). The number of thioether (sulfide) groups is 1. The molecule has 23 heavy (non-hydrogen) atoms. The standard InChI is InChI=1S/C18H20N2O2S/c1-12(2)23-17-10-4-14(5-11-17)18(22)20-16-8-6-15(7-9-16)19-13(3)21/h4-12H,1-3H3,(H,19,21)(H,20,22). The first-order valence-corrected chi connectivity index (χ1v) is 8.28. The van der Waals surface area contributed by atoms with Crippen molar-refractivity contribution in [1.29, 1.82) is 0 Å². The van der Waals surface area contributed by atoms with E-state index in [1.54, 1.807) is 36.0 Å². The van der Waals surface area contributed by atoms with Gasteiger partial charge in [-0.15, -0.1) is 11.8 Å². The number of amides is 2. The maximum atomic E-state index is 12.2. The smallest absolute Gasteiger partial charge is 0.255 e. The van der Waals surface area contributed by atoms with E-state index in [4.69, 9.17) is 0 Å². The highest BCUT2D eigenvalue weighted by molar-refractivity contribution is 7.99. The highest BCUT2D eigenvalue weighted by Gasteiger charge is 2.07. The molecular weight excluding hydrogens is 308 g/mol. The average molecular weight is 328 g/mol. The Morgan fingerprint density at radius 2 is 1.39 bits per heavy atom. The van der Waals surface area contributed by atoms with Crippen LogP contribution >= 0.6 is 11.8 Å². The fourth-order valence-electron chi connectivity index (χ4n) is 2.00. The van der Waals surface area contributed by atoms with E-state index >= 15 is 0 Å². The van der Waals surface area contributed by atoms with Crippen LogP contribution in [0.3, 0.4) is 0 Å². The van der Waals surface area contributed by atoms with Crippen LogP contribution in [-0.2, 0) is 4.79 Å². The number of nitrogens with one attached hydrogen (secondary N) is 2. The molecule has 0 bridgehead atoms. The molecule has 0 saturated heterocycles. The van der Waals surface area contributed by atoms with Crippen molar-refractivity contribution in [3.8, 4) is 0 Å². The summed E-state index contributed by atoms with van der Waals surface area (Å²) in [7, 11) is 0. The van der Waals surface area contributed by atoms with Gasteiger partial charge < -0.3 is 10.6 Å². The average Bonchev–Trinajstić information content (AvgIpc) is 2.49. The summed E-state index contributed by atoms with van der Waals surface area (Å²) in [6.07, 6.45) is 0. The summed E-state index contributed by atoms with van der Waals surface area (Å²) < 4.78 is 0. The Hall–Kier alpha value is -2.27. The molecular formula is C18H20N2O2S. The largest absolute Gasteiger partial charge is 0.326 e. The van der Waals surface area contributed by atoms with Gasteiger partial charge in [-0.3, -0.25) is 9.59 Å². The molecule has 0 fully saturated rings. The summed E-state index contributed by atoms with van der Waals surface area (Å²) in [6.45, 7) is 5.72. The van der Waals surface area contributed by atoms with Gasteiger partial charge in [0.2, 0.25) is 5.91 Å². The fourth-order valence-corrected chi connectivity index (χ4v) is 2.84. The van der Waals surface area contributed by atoms with Crippen molar-refractivity contribution in [3.63, 3.8) is 0 Å². The van der Waals surface area contributed by atoms with Crippen molar-refractivity contribution in [3.05, 3.63) is 54.1 Å².